The van der Waals surface area contributed by atoms with Crippen molar-refractivity contribution >= 4 is 11.6 Å². The van der Waals surface area contributed by atoms with Crippen molar-refractivity contribution in [2.75, 3.05) is 25.0 Å². The summed E-state index contributed by atoms with van der Waals surface area (Å²) in [7, 11) is 0. The second-order valence-electron chi connectivity index (χ2n) is 6.71. The number of hydrogen-bond donors (Lipinski definition) is 2. The van der Waals surface area contributed by atoms with Gasteiger partial charge in [0.25, 0.3) is 5.91 Å². The van der Waals surface area contributed by atoms with Crippen LogP contribution < -0.4 is 15.4 Å². The first-order valence-electron chi connectivity index (χ1n) is 9.49. The molecule has 0 radical (unpaired) electrons. The summed E-state index contributed by atoms with van der Waals surface area (Å²) >= 11 is 0. The van der Waals surface area contributed by atoms with E-state index in [1.165, 1.54) is 0 Å². The van der Waals surface area contributed by atoms with Crippen molar-refractivity contribution in [3.05, 3.63) is 66.2 Å². The van der Waals surface area contributed by atoms with Crippen LogP contribution in [0.2, 0.25) is 0 Å². The lowest BCUT2D eigenvalue weighted by atomic mass is 9.93. The molecule has 1 unspecified atom stereocenters. The van der Waals surface area contributed by atoms with Gasteiger partial charge in [-0.25, -0.2) is 0 Å². The number of carbonyl (C=O) groups excluding carboxylic acids is 1. The summed E-state index contributed by atoms with van der Waals surface area (Å²) in [5.41, 5.74) is 3.25. The standard InChI is InChI=1S/C21H23N5O2/c1-2-28-20-8-7-16(26-13-23-24-14-26)11-19(20)25-21(27)18-6-4-3-5-17(18)15-9-10-22-12-15/h3-8,11,13-15,22H,2,9-10,12H2,1H3,(H,25,27). The zero-order valence-corrected chi connectivity index (χ0v) is 15.8. The molecule has 144 valence electrons. The van der Waals surface area contributed by atoms with Gasteiger partial charge in [-0.05, 0) is 55.6 Å². The molecule has 2 heterocycles. The van der Waals surface area contributed by atoms with Crippen LogP contribution in [0.5, 0.6) is 5.75 Å². The van der Waals surface area contributed by atoms with E-state index in [2.05, 4.69) is 20.8 Å². The average Bonchev–Trinajstić information content (AvgIpc) is 3.44. The predicted molar refractivity (Wildman–Crippen MR) is 107 cm³/mol. The lowest BCUT2D eigenvalue weighted by Gasteiger charge is -2.17. The van der Waals surface area contributed by atoms with Crippen LogP contribution in [-0.4, -0.2) is 40.4 Å². The number of ether oxygens (including phenoxy) is 1. The van der Waals surface area contributed by atoms with Gasteiger partial charge in [-0.15, -0.1) is 10.2 Å². The molecule has 1 amide bonds. The van der Waals surface area contributed by atoms with E-state index >= 15 is 0 Å². The third-order valence-electron chi connectivity index (χ3n) is 4.93. The molecule has 1 saturated heterocycles. The molecular formula is C21H23N5O2. The molecule has 1 aliphatic rings. The lowest BCUT2D eigenvalue weighted by molar-refractivity contribution is 0.102. The molecule has 28 heavy (non-hydrogen) atoms. The monoisotopic (exact) mass is 377 g/mol. The van der Waals surface area contributed by atoms with Gasteiger partial charge in [-0.3, -0.25) is 9.36 Å². The Balaban J connectivity index is 1.65. The van der Waals surface area contributed by atoms with E-state index < -0.39 is 0 Å². The van der Waals surface area contributed by atoms with E-state index in [0.29, 0.717) is 29.5 Å². The third kappa shape index (κ3) is 3.75. The molecule has 0 spiro atoms. The fraction of sp³-hybridized carbons (Fsp3) is 0.286. The summed E-state index contributed by atoms with van der Waals surface area (Å²) in [6.07, 6.45) is 4.27. The summed E-state index contributed by atoms with van der Waals surface area (Å²) in [6.45, 7) is 4.31. The van der Waals surface area contributed by atoms with Crippen molar-refractivity contribution in [2.24, 2.45) is 0 Å². The Morgan fingerprint density at radius 2 is 2.07 bits per heavy atom. The van der Waals surface area contributed by atoms with Crippen LogP contribution >= 0.6 is 0 Å². The van der Waals surface area contributed by atoms with E-state index in [4.69, 9.17) is 4.74 Å². The van der Waals surface area contributed by atoms with Gasteiger partial charge in [0.1, 0.15) is 18.4 Å². The molecule has 4 rings (SSSR count). The zero-order chi connectivity index (χ0) is 19.3. The number of carbonyl (C=O) groups is 1. The fourth-order valence-corrected chi connectivity index (χ4v) is 3.56. The van der Waals surface area contributed by atoms with Crippen molar-refractivity contribution in [3.8, 4) is 11.4 Å². The SMILES string of the molecule is CCOc1ccc(-n2cnnc2)cc1NC(=O)c1ccccc1C1CCNC1. The first-order valence-corrected chi connectivity index (χ1v) is 9.49. The quantitative estimate of drug-likeness (QED) is 0.690. The minimum atomic E-state index is -0.135. The van der Waals surface area contributed by atoms with Gasteiger partial charge in [0.15, 0.2) is 0 Å². The maximum absolute atomic E-state index is 13.1. The molecule has 7 nitrogen and oxygen atoms in total. The van der Waals surface area contributed by atoms with Gasteiger partial charge in [0.05, 0.1) is 18.0 Å². The zero-order valence-electron chi connectivity index (χ0n) is 15.8. The van der Waals surface area contributed by atoms with Crippen LogP contribution in [-0.2, 0) is 0 Å². The number of hydrogen-bond acceptors (Lipinski definition) is 5. The maximum atomic E-state index is 13.1. The molecule has 1 atom stereocenters. The molecular weight excluding hydrogens is 354 g/mol. The van der Waals surface area contributed by atoms with Crippen LogP contribution in [0.15, 0.2) is 55.1 Å². The highest BCUT2D eigenvalue weighted by Crippen LogP contribution is 2.30. The minimum Gasteiger partial charge on any atom is -0.492 e. The molecule has 2 aromatic carbocycles. The molecule has 0 aliphatic carbocycles. The number of amides is 1. The van der Waals surface area contributed by atoms with Crippen molar-refractivity contribution in [2.45, 2.75) is 19.3 Å². The van der Waals surface area contributed by atoms with Gasteiger partial charge >= 0.3 is 0 Å². The number of nitrogens with zero attached hydrogens (tertiary/aromatic N) is 3. The smallest absolute Gasteiger partial charge is 0.256 e. The van der Waals surface area contributed by atoms with Crippen LogP contribution in [0, 0.1) is 0 Å². The van der Waals surface area contributed by atoms with Crippen LogP contribution in [0.1, 0.15) is 35.2 Å². The summed E-state index contributed by atoms with van der Waals surface area (Å²) in [4.78, 5) is 13.1. The topological polar surface area (TPSA) is 81.1 Å². The Hall–Kier alpha value is -3.19. The minimum absolute atomic E-state index is 0.135. The van der Waals surface area contributed by atoms with E-state index in [9.17, 15) is 4.79 Å². The summed E-state index contributed by atoms with van der Waals surface area (Å²) < 4.78 is 7.49. The van der Waals surface area contributed by atoms with E-state index in [0.717, 1.165) is 30.8 Å². The van der Waals surface area contributed by atoms with Crippen molar-refractivity contribution < 1.29 is 9.53 Å². The Morgan fingerprint density at radius 1 is 1.25 bits per heavy atom. The summed E-state index contributed by atoms with van der Waals surface area (Å²) in [6, 6.07) is 13.4. The molecule has 1 fully saturated rings. The Labute approximate surface area is 163 Å². The first kappa shape index (κ1) is 18.2. The number of rotatable bonds is 6. The van der Waals surface area contributed by atoms with Crippen LogP contribution in [0.3, 0.4) is 0 Å². The molecule has 1 aliphatic heterocycles. The average molecular weight is 377 g/mol. The number of aromatic nitrogens is 3. The molecule has 3 aromatic rings. The second-order valence-corrected chi connectivity index (χ2v) is 6.71. The highest BCUT2D eigenvalue weighted by molar-refractivity contribution is 6.06. The molecule has 2 N–H and O–H groups in total. The third-order valence-corrected chi connectivity index (χ3v) is 4.93. The molecule has 0 bridgehead atoms. The fourth-order valence-electron chi connectivity index (χ4n) is 3.56. The van der Waals surface area contributed by atoms with Gasteiger partial charge < -0.3 is 15.4 Å². The van der Waals surface area contributed by atoms with Crippen LogP contribution in [0.4, 0.5) is 5.69 Å². The van der Waals surface area contributed by atoms with Gasteiger partial charge in [-0.2, -0.15) is 0 Å². The molecule has 1 aromatic heterocycles. The van der Waals surface area contributed by atoms with Gasteiger partial charge in [-0.1, -0.05) is 18.2 Å². The van der Waals surface area contributed by atoms with Crippen molar-refractivity contribution in [1.29, 1.82) is 0 Å². The highest BCUT2D eigenvalue weighted by Gasteiger charge is 2.22. The number of nitrogens with one attached hydrogen (secondary N) is 2. The summed E-state index contributed by atoms with van der Waals surface area (Å²) in [5.74, 6) is 0.855. The Morgan fingerprint density at radius 3 is 2.82 bits per heavy atom. The van der Waals surface area contributed by atoms with E-state index in [1.54, 1.807) is 17.2 Å². The lowest BCUT2D eigenvalue weighted by Crippen LogP contribution is -2.17. The Bertz CT molecular complexity index is 949. The highest BCUT2D eigenvalue weighted by atomic mass is 16.5. The molecule has 0 saturated carbocycles. The largest absolute Gasteiger partial charge is 0.492 e. The maximum Gasteiger partial charge on any atom is 0.256 e. The summed E-state index contributed by atoms with van der Waals surface area (Å²) in [5, 5.41) is 14.1. The van der Waals surface area contributed by atoms with E-state index in [-0.39, 0.29) is 5.91 Å². The number of anilines is 1. The molecule has 7 heteroatoms. The van der Waals surface area contributed by atoms with Gasteiger partial charge in [0, 0.05) is 12.1 Å². The van der Waals surface area contributed by atoms with Crippen molar-refractivity contribution in [3.63, 3.8) is 0 Å². The van der Waals surface area contributed by atoms with Crippen LogP contribution in [0.25, 0.3) is 5.69 Å². The van der Waals surface area contributed by atoms with E-state index in [1.807, 2.05) is 49.4 Å². The second kappa shape index (κ2) is 8.22. The Kier molecular flexibility index (Phi) is 5.34. The predicted octanol–water partition coefficient (Wildman–Crippen LogP) is 3.00. The van der Waals surface area contributed by atoms with Gasteiger partial charge in [0.2, 0.25) is 0 Å². The normalized spacial score (nSPS) is 16.1. The van der Waals surface area contributed by atoms with Crippen molar-refractivity contribution in [1.82, 2.24) is 20.1 Å². The first-order chi connectivity index (χ1) is 13.8. The number of benzene rings is 2.